The van der Waals surface area contributed by atoms with Crippen LogP contribution in [0.3, 0.4) is 0 Å². The summed E-state index contributed by atoms with van der Waals surface area (Å²) in [6.07, 6.45) is 0.221. The zero-order valence-corrected chi connectivity index (χ0v) is 18.0. The molecule has 0 bridgehead atoms. The molecule has 1 aromatic heterocycles. The highest BCUT2D eigenvalue weighted by Gasteiger charge is 2.28. The highest BCUT2D eigenvalue weighted by atomic mass is 32.1. The number of nitrogens with zero attached hydrogens (tertiary/aromatic N) is 2. The summed E-state index contributed by atoms with van der Waals surface area (Å²) in [4.78, 5) is 27.3. The maximum atomic E-state index is 12.7. The van der Waals surface area contributed by atoms with Crippen molar-refractivity contribution in [3.8, 4) is 6.07 Å². The minimum atomic E-state index is -0.352. The summed E-state index contributed by atoms with van der Waals surface area (Å²) in [6, 6.07) is 9.74. The summed E-state index contributed by atoms with van der Waals surface area (Å²) >= 11 is 1.35. The van der Waals surface area contributed by atoms with E-state index in [1.165, 1.54) is 11.3 Å². The van der Waals surface area contributed by atoms with Crippen molar-refractivity contribution in [2.75, 3.05) is 18.5 Å². The molecule has 7 heteroatoms. The van der Waals surface area contributed by atoms with Crippen LogP contribution >= 0.6 is 11.3 Å². The summed E-state index contributed by atoms with van der Waals surface area (Å²) in [5.74, 6) is -0.247. The molecular formula is C22H25N3O3S. The maximum absolute atomic E-state index is 12.7. The van der Waals surface area contributed by atoms with Crippen LogP contribution in [-0.2, 0) is 23.1 Å². The molecule has 0 atom stereocenters. The van der Waals surface area contributed by atoms with E-state index in [9.17, 15) is 14.9 Å². The lowest BCUT2D eigenvalue weighted by molar-refractivity contribution is 0.102. The van der Waals surface area contributed by atoms with Crippen LogP contribution in [0.1, 0.15) is 59.6 Å². The lowest BCUT2D eigenvalue weighted by Gasteiger charge is -2.25. The standard InChI is InChI=1S/C22H25N3O3S/c1-5-28-21(27)25-11-10-16-17(12-23)20(29-18(16)13-25)24-19(26)14-6-8-15(9-7-14)22(2,3)4/h6-9H,5,10-11,13H2,1-4H3,(H,24,26). The van der Waals surface area contributed by atoms with Crippen LogP contribution < -0.4 is 5.32 Å². The Morgan fingerprint density at radius 1 is 1.28 bits per heavy atom. The van der Waals surface area contributed by atoms with E-state index in [1.807, 2.05) is 12.1 Å². The first-order valence-corrected chi connectivity index (χ1v) is 10.4. The Labute approximate surface area is 175 Å². The van der Waals surface area contributed by atoms with E-state index in [4.69, 9.17) is 4.74 Å². The average molecular weight is 412 g/mol. The number of fused-ring (bicyclic) bond motifs is 1. The van der Waals surface area contributed by atoms with Gasteiger partial charge in [0, 0.05) is 17.0 Å². The zero-order chi connectivity index (χ0) is 21.2. The fourth-order valence-electron chi connectivity index (χ4n) is 3.28. The summed E-state index contributed by atoms with van der Waals surface area (Å²) < 4.78 is 5.07. The molecule has 1 aliphatic rings. The monoisotopic (exact) mass is 411 g/mol. The van der Waals surface area contributed by atoms with Crippen LogP contribution in [0.25, 0.3) is 0 Å². The van der Waals surface area contributed by atoms with E-state index in [0.717, 1.165) is 16.0 Å². The zero-order valence-electron chi connectivity index (χ0n) is 17.2. The Kier molecular flexibility index (Phi) is 5.94. The number of amides is 2. The molecule has 2 heterocycles. The average Bonchev–Trinajstić information content (AvgIpc) is 3.03. The third kappa shape index (κ3) is 4.43. The SMILES string of the molecule is CCOC(=O)N1CCc2c(sc(NC(=O)c3ccc(C(C)(C)C)cc3)c2C#N)C1. The smallest absolute Gasteiger partial charge is 0.410 e. The second kappa shape index (κ2) is 8.26. The molecule has 2 amide bonds. The number of rotatable bonds is 3. The molecule has 2 aromatic rings. The third-order valence-electron chi connectivity index (χ3n) is 4.93. The fraction of sp³-hybridized carbons (Fsp3) is 0.409. The Hall–Kier alpha value is -2.85. The summed E-state index contributed by atoms with van der Waals surface area (Å²) in [7, 11) is 0. The van der Waals surface area contributed by atoms with E-state index >= 15 is 0 Å². The van der Waals surface area contributed by atoms with Crippen molar-refractivity contribution in [1.82, 2.24) is 4.90 Å². The van der Waals surface area contributed by atoms with Gasteiger partial charge in [-0.15, -0.1) is 11.3 Å². The van der Waals surface area contributed by atoms with E-state index in [1.54, 1.807) is 24.0 Å². The molecule has 29 heavy (non-hydrogen) atoms. The number of nitrogens with one attached hydrogen (secondary N) is 1. The molecule has 1 N–H and O–H groups in total. The van der Waals surface area contributed by atoms with Crippen molar-refractivity contribution >= 4 is 28.3 Å². The normalized spacial score (nSPS) is 13.4. The Morgan fingerprint density at radius 3 is 2.55 bits per heavy atom. The first kappa shape index (κ1) is 20.9. The van der Waals surface area contributed by atoms with Gasteiger partial charge >= 0.3 is 6.09 Å². The predicted molar refractivity (Wildman–Crippen MR) is 113 cm³/mol. The van der Waals surface area contributed by atoms with Crippen LogP contribution in [0, 0.1) is 11.3 Å². The van der Waals surface area contributed by atoms with Crippen molar-refractivity contribution in [1.29, 1.82) is 5.26 Å². The predicted octanol–water partition coefficient (Wildman–Crippen LogP) is 4.68. The summed E-state index contributed by atoms with van der Waals surface area (Å²) in [5, 5.41) is 13.1. The topological polar surface area (TPSA) is 82.4 Å². The van der Waals surface area contributed by atoms with Gasteiger partial charge in [-0.1, -0.05) is 32.9 Å². The van der Waals surface area contributed by atoms with Crippen LogP contribution in [-0.4, -0.2) is 30.1 Å². The van der Waals surface area contributed by atoms with Crippen LogP contribution in [0.5, 0.6) is 0 Å². The van der Waals surface area contributed by atoms with Gasteiger partial charge in [-0.05, 0) is 42.0 Å². The van der Waals surface area contributed by atoms with Gasteiger partial charge in [0.1, 0.15) is 11.1 Å². The van der Waals surface area contributed by atoms with Gasteiger partial charge in [0.2, 0.25) is 0 Å². The largest absolute Gasteiger partial charge is 0.450 e. The van der Waals surface area contributed by atoms with Crippen molar-refractivity contribution in [3.63, 3.8) is 0 Å². The molecule has 0 radical (unpaired) electrons. The molecule has 6 nitrogen and oxygen atoms in total. The second-order valence-corrected chi connectivity index (χ2v) is 9.08. The molecule has 1 aliphatic heterocycles. The highest BCUT2D eigenvalue weighted by Crippen LogP contribution is 2.37. The minimum Gasteiger partial charge on any atom is -0.450 e. The fourth-order valence-corrected chi connectivity index (χ4v) is 4.49. The quantitative estimate of drug-likeness (QED) is 0.795. The van der Waals surface area contributed by atoms with Gasteiger partial charge in [-0.3, -0.25) is 4.79 Å². The van der Waals surface area contributed by atoms with Crippen LogP contribution in [0.2, 0.25) is 0 Å². The number of carbonyl (C=O) groups excluding carboxylic acids is 2. The molecule has 0 aliphatic carbocycles. The Morgan fingerprint density at radius 2 is 1.97 bits per heavy atom. The van der Waals surface area contributed by atoms with Crippen molar-refractivity contribution in [2.24, 2.45) is 0 Å². The second-order valence-electron chi connectivity index (χ2n) is 7.97. The van der Waals surface area contributed by atoms with Gasteiger partial charge in [-0.2, -0.15) is 5.26 Å². The van der Waals surface area contributed by atoms with Crippen molar-refractivity contribution in [2.45, 2.75) is 46.1 Å². The molecule has 0 saturated heterocycles. The lowest BCUT2D eigenvalue weighted by atomic mass is 9.87. The number of thiophene rings is 1. The number of nitriles is 1. The van der Waals surface area contributed by atoms with Gasteiger partial charge in [-0.25, -0.2) is 4.79 Å². The molecule has 152 valence electrons. The molecule has 3 rings (SSSR count). The number of anilines is 1. The van der Waals surface area contributed by atoms with Gasteiger partial charge in [0.25, 0.3) is 5.91 Å². The Balaban J connectivity index is 1.79. The highest BCUT2D eigenvalue weighted by molar-refractivity contribution is 7.16. The first-order chi connectivity index (χ1) is 13.7. The number of ether oxygens (including phenoxy) is 1. The van der Waals surface area contributed by atoms with Crippen molar-refractivity contribution < 1.29 is 14.3 Å². The molecule has 0 saturated carbocycles. The molecule has 1 aromatic carbocycles. The Bertz CT molecular complexity index is 965. The van der Waals surface area contributed by atoms with E-state index in [2.05, 4.69) is 32.2 Å². The van der Waals surface area contributed by atoms with Crippen molar-refractivity contribution in [3.05, 3.63) is 51.4 Å². The third-order valence-corrected chi connectivity index (χ3v) is 6.07. The molecule has 0 spiro atoms. The number of hydrogen-bond donors (Lipinski definition) is 1. The number of hydrogen-bond acceptors (Lipinski definition) is 5. The van der Waals surface area contributed by atoms with E-state index in [-0.39, 0.29) is 17.4 Å². The van der Waals surface area contributed by atoms with Gasteiger partial charge < -0.3 is 15.0 Å². The minimum absolute atomic E-state index is 0.0145. The summed E-state index contributed by atoms with van der Waals surface area (Å²) in [5.41, 5.74) is 3.11. The van der Waals surface area contributed by atoms with Crippen LogP contribution in [0.4, 0.5) is 9.80 Å². The maximum Gasteiger partial charge on any atom is 0.410 e. The lowest BCUT2D eigenvalue weighted by Crippen LogP contribution is -2.35. The van der Waals surface area contributed by atoms with E-state index in [0.29, 0.717) is 42.2 Å². The molecule has 0 fully saturated rings. The summed E-state index contributed by atoms with van der Waals surface area (Å²) in [6.45, 7) is 9.35. The number of benzene rings is 1. The number of carbonyl (C=O) groups is 2. The molecular weight excluding hydrogens is 386 g/mol. The van der Waals surface area contributed by atoms with Crippen LogP contribution in [0.15, 0.2) is 24.3 Å². The first-order valence-electron chi connectivity index (χ1n) is 9.62. The van der Waals surface area contributed by atoms with Gasteiger partial charge in [0.05, 0.1) is 18.7 Å². The van der Waals surface area contributed by atoms with E-state index < -0.39 is 0 Å². The molecule has 0 unspecified atom stereocenters. The van der Waals surface area contributed by atoms with Gasteiger partial charge in [0.15, 0.2) is 0 Å².